The number of rotatable bonds is 9. The van der Waals surface area contributed by atoms with Gasteiger partial charge in [-0.3, -0.25) is 10.1 Å². The van der Waals surface area contributed by atoms with E-state index in [4.69, 9.17) is 9.84 Å². The molecule has 0 aromatic heterocycles. The van der Waals surface area contributed by atoms with Crippen molar-refractivity contribution < 1.29 is 14.6 Å². The molecule has 4 nitrogen and oxygen atoms in total. The van der Waals surface area contributed by atoms with Crippen LogP contribution >= 0.6 is 11.8 Å². The third-order valence-electron chi connectivity index (χ3n) is 3.91. The smallest absolute Gasteiger partial charge is 0.327 e. The van der Waals surface area contributed by atoms with E-state index in [2.05, 4.69) is 5.32 Å². The number of esters is 1. The molecule has 110 valence electrons. The summed E-state index contributed by atoms with van der Waals surface area (Å²) in [6.45, 7) is 2.23. The highest BCUT2D eigenvalue weighted by molar-refractivity contribution is 7.99. The normalized spacial score (nSPS) is 23.7. The van der Waals surface area contributed by atoms with Crippen LogP contribution in [0, 0.1) is 11.8 Å². The minimum Gasteiger partial charge on any atom is -0.468 e. The Morgan fingerprint density at radius 2 is 2.16 bits per heavy atom. The molecule has 2 fully saturated rings. The maximum absolute atomic E-state index is 12.3. The van der Waals surface area contributed by atoms with Crippen LogP contribution in [0.5, 0.6) is 0 Å². The molecule has 0 aliphatic heterocycles. The molecule has 2 aliphatic carbocycles. The molecule has 2 saturated carbocycles. The Labute approximate surface area is 119 Å². The van der Waals surface area contributed by atoms with Gasteiger partial charge in [-0.25, -0.2) is 0 Å². The summed E-state index contributed by atoms with van der Waals surface area (Å²) in [5, 5.41) is 12.6. The maximum atomic E-state index is 12.3. The van der Waals surface area contributed by atoms with Gasteiger partial charge in [0.2, 0.25) is 0 Å². The first-order valence-electron chi connectivity index (χ1n) is 7.17. The molecule has 0 heterocycles. The highest BCUT2D eigenvalue weighted by Crippen LogP contribution is 2.44. The Bertz CT molecular complexity index is 318. The number of methoxy groups -OCH3 is 1. The Morgan fingerprint density at radius 1 is 1.47 bits per heavy atom. The maximum Gasteiger partial charge on any atom is 0.327 e. The number of aliphatic hydroxyl groups excluding tert-OH is 1. The van der Waals surface area contributed by atoms with Gasteiger partial charge in [-0.05, 0) is 43.3 Å². The van der Waals surface area contributed by atoms with Gasteiger partial charge in [0, 0.05) is 18.4 Å². The lowest BCUT2D eigenvalue weighted by molar-refractivity contribution is -0.148. The number of carbonyl (C=O) groups is 1. The van der Waals surface area contributed by atoms with E-state index in [0.29, 0.717) is 12.0 Å². The van der Waals surface area contributed by atoms with E-state index in [1.54, 1.807) is 11.8 Å². The van der Waals surface area contributed by atoms with Crippen molar-refractivity contribution in [1.29, 1.82) is 0 Å². The van der Waals surface area contributed by atoms with Gasteiger partial charge in [0.15, 0.2) is 0 Å². The fourth-order valence-corrected chi connectivity index (χ4v) is 3.77. The van der Waals surface area contributed by atoms with Crippen LogP contribution in [0.4, 0.5) is 0 Å². The minimum absolute atomic E-state index is 0.106. The van der Waals surface area contributed by atoms with E-state index in [9.17, 15) is 4.79 Å². The highest BCUT2D eigenvalue weighted by Gasteiger charge is 2.53. The van der Waals surface area contributed by atoms with Gasteiger partial charge in [-0.2, -0.15) is 11.8 Å². The number of carbonyl (C=O) groups excluding carboxylic acids is 1. The van der Waals surface area contributed by atoms with Crippen molar-refractivity contribution in [3.8, 4) is 0 Å². The molecular formula is C14H25NO3S. The van der Waals surface area contributed by atoms with Crippen molar-refractivity contribution in [1.82, 2.24) is 5.32 Å². The number of ether oxygens (including phenoxy) is 1. The predicted octanol–water partition coefficient (Wildman–Crippen LogP) is 1.42. The van der Waals surface area contributed by atoms with Crippen molar-refractivity contribution in [3.63, 3.8) is 0 Å². The molecule has 2 unspecified atom stereocenters. The Kier molecular flexibility index (Phi) is 5.15. The van der Waals surface area contributed by atoms with Crippen molar-refractivity contribution >= 4 is 17.7 Å². The zero-order valence-corrected chi connectivity index (χ0v) is 12.7. The second kappa shape index (κ2) is 6.46. The summed E-state index contributed by atoms with van der Waals surface area (Å²) in [4.78, 5) is 12.3. The van der Waals surface area contributed by atoms with E-state index in [1.165, 1.54) is 20.0 Å². The van der Waals surface area contributed by atoms with Gasteiger partial charge >= 0.3 is 5.97 Å². The highest BCUT2D eigenvalue weighted by atomic mass is 32.2. The lowest BCUT2D eigenvalue weighted by Crippen LogP contribution is -2.57. The summed E-state index contributed by atoms with van der Waals surface area (Å²) in [5.41, 5.74) is -0.490. The van der Waals surface area contributed by atoms with E-state index < -0.39 is 5.54 Å². The zero-order valence-electron chi connectivity index (χ0n) is 11.9. The van der Waals surface area contributed by atoms with Gasteiger partial charge in [-0.1, -0.05) is 6.92 Å². The molecule has 0 aromatic rings. The molecule has 5 heteroatoms. The summed E-state index contributed by atoms with van der Waals surface area (Å²) < 4.78 is 5.07. The van der Waals surface area contributed by atoms with Crippen LogP contribution in [0.2, 0.25) is 0 Å². The van der Waals surface area contributed by atoms with Crippen LogP contribution in [0.25, 0.3) is 0 Å². The minimum atomic E-state index is -0.490. The van der Waals surface area contributed by atoms with E-state index >= 15 is 0 Å². The molecule has 0 radical (unpaired) electrons. The fraction of sp³-hybridized carbons (Fsp3) is 0.929. The monoisotopic (exact) mass is 287 g/mol. The van der Waals surface area contributed by atoms with Crippen molar-refractivity contribution in [2.75, 3.05) is 25.2 Å². The summed E-state index contributed by atoms with van der Waals surface area (Å²) in [5.74, 6) is 2.24. The standard InChI is InChI=1S/C14H25NO3S/c1-10(7-16)8-19-9-14(11-3-4-11,13(17)18-2)15-12-5-6-12/h10-12,15-16H,3-9H2,1-2H3. The van der Waals surface area contributed by atoms with Crippen molar-refractivity contribution in [3.05, 3.63) is 0 Å². The number of thioether (sulfide) groups is 1. The average molecular weight is 287 g/mol. The quantitative estimate of drug-likeness (QED) is 0.628. The van der Waals surface area contributed by atoms with Gasteiger partial charge in [-0.15, -0.1) is 0 Å². The van der Waals surface area contributed by atoms with E-state index in [1.807, 2.05) is 6.92 Å². The second-order valence-corrected chi connectivity index (χ2v) is 6.99. The van der Waals surface area contributed by atoms with Gasteiger partial charge in [0.25, 0.3) is 0 Å². The summed E-state index contributed by atoms with van der Waals surface area (Å²) >= 11 is 1.75. The topological polar surface area (TPSA) is 58.6 Å². The zero-order chi connectivity index (χ0) is 13.9. The molecule has 0 saturated heterocycles. The van der Waals surface area contributed by atoms with Crippen LogP contribution in [0.15, 0.2) is 0 Å². The number of hydrogen-bond acceptors (Lipinski definition) is 5. The predicted molar refractivity (Wildman–Crippen MR) is 77.2 cm³/mol. The van der Waals surface area contributed by atoms with Crippen LogP contribution in [-0.2, 0) is 9.53 Å². The van der Waals surface area contributed by atoms with E-state index in [-0.39, 0.29) is 18.5 Å². The third-order valence-corrected chi connectivity index (χ3v) is 5.37. The Balaban J connectivity index is 1.96. The SMILES string of the molecule is COC(=O)C(CSCC(C)CO)(NC1CC1)C1CC1. The molecule has 0 spiro atoms. The first-order chi connectivity index (χ1) is 9.12. The lowest BCUT2D eigenvalue weighted by atomic mass is 9.95. The van der Waals surface area contributed by atoms with Gasteiger partial charge in [0.1, 0.15) is 5.54 Å². The molecule has 2 N–H and O–H groups in total. The number of nitrogens with one attached hydrogen (secondary N) is 1. The molecule has 0 amide bonds. The summed E-state index contributed by atoms with van der Waals surface area (Å²) in [6, 6.07) is 0.496. The van der Waals surface area contributed by atoms with Crippen LogP contribution < -0.4 is 5.32 Å². The van der Waals surface area contributed by atoms with E-state index in [0.717, 1.165) is 24.3 Å². The Hall–Kier alpha value is -0.260. The van der Waals surface area contributed by atoms with Gasteiger partial charge < -0.3 is 9.84 Å². The average Bonchev–Trinajstić information content (AvgIpc) is 3.28. The van der Waals surface area contributed by atoms with Crippen molar-refractivity contribution in [2.24, 2.45) is 11.8 Å². The van der Waals surface area contributed by atoms with Gasteiger partial charge in [0.05, 0.1) is 7.11 Å². The van der Waals surface area contributed by atoms with Crippen LogP contribution in [0.3, 0.4) is 0 Å². The van der Waals surface area contributed by atoms with Crippen molar-refractivity contribution in [2.45, 2.75) is 44.2 Å². The molecule has 0 aromatic carbocycles. The lowest BCUT2D eigenvalue weighted by Gasteiger charge is -2.32. The Morgan fingerprint density at radius 3 is 2.63 bits per heavy atom. The van der Waals surface area contributed by atoms with Crippen LogP contribution in [0.1, 0.15) is 32.6 Å². The molecule has 2 rings (SSSR count). The molecule has 19 heavy (non-hydrogen) atoms. The largest absolute Gasteiger partial charge is 0.468 e. The summed E-state index contributed by atoms with van der Waals surface area (Å²) in [6.07, 6.45) is 4.57. The molecule has 2 atom stereocenters. The molecular weight excluding hydrogens is 262 g/mol. The third kappa shape index (κ3) is 3.86. The molecule has 2 aliphatic rings. The number of aliphatic hydroxyl groups is 1. The fourth-order valence-electron chi connectivity index (χ4n) is 2.39. The first-order valence-corrected chi connectivity index (χ1v) is 8.32. The van der Waals surface area contributed by atoms with Crippen LogP contribution in [-0.4, -0.2) is 47.9 Å². The first kappa shape index (κ1) is 15.1. The summed E-state index contributed by atoms with van der Waals surface area (Å²) in [7, 11) is 1.48. The molecule has 0 bridgehead atoms. The number of hydrogen-bond donors (Lipinski definition) is 2. The second-order valence-electron chi connectivity index (χ2n) is 5.96.